The first-order valence-corrected chi connectivity index (χ1v) is 6.01. The van der Waals surface area contributed by atoms with Crippen LogP contribution in [0.5, 0.6) is 5.75 Å². The van der Waals surface area contributed by atoms with Crippen molar-refractivity contribution in [1.82, 2.24) is 0 Å². The molecule has 0 saturated heterocycles. The SMILES string of the molecule is COc1c(C)c(C)cc(C)c1N(C)C(C)CN. The van der Waals surface area contributed by atoms with E-state index in [4.69, 9.17) is 10.5 Å². The topological polar surface area (TPSA) is 38.5 Å². The Labute approximate surface area is 105 Å². The summed E-state index contributed by atoms with van der Waals surface area (Å²) in [6, 6.07) is 2.50. The largest absolute Gasteiger partial charge is 0.494 e. The Balaban J connectivity index is 3.36. The van der Waals surface area contributed by atoms with Gasteiger partial charge in [-0.2, -0.15) is 0 Å². The van der Waals surface area contributed by atoms with Crippen molar-refractivity contribution in [3.8, 4) is 5.75 Å². The molecule has 17 heavy (non-hydrogen) atoms. The third kappa shape index (κ3) is 2.55. The van der Waals surface area contributed by atoms with Crippen molar-refractivity contribution < 1.29 is 4.74 Å². The maximum Gasteiger partial charge on any atom is 0.145 e. The molecular weight excluding hydrogens is 212 g/mol. The molecule has 0 aliphatic carbocycles. The fraction of sp³-hybridized carbons (Fsp3) is 0.571. The van der Waals surface area contributed by atoms with E-state index in [0.717, 1.165) is 11.4 Å². The van der Waals surface area contributed by atoms with Gasteiger partial charge in [0.05, 0.1) is 12.8 Å². The smallest absolute Gasteiger partial charge is 0.145 e. The van der Waals surface area contributed by atoms with E-state index in [1.54, 1.807) is 7.11 Å². The van der Waals surface area contributed by atoms with Crippen molar-refractivity contribution in [1.29, 1.82) is 0 Å². The normalized spacial score (nSPS) is 12.4. The van der Waals surface area contributed by atoms with Crippen molar-refractivity contribution in [3.63, 3.8) is 0 Å². The first-order chi connectivity index (χ1) is 7.93. The van der Waals surface area contributed by atoms with Gasteiger partial charge in [-0.05, 0) is 44.4 Å². The average molecular weight is 236 g/mol. The molecule has 0 radical (unpaired) electrons. The lowest BCUT2D eigenvalue weighted by Gasteiger charge is -2.30. The summed E-state index contributed by atoms with van der Waals surface area (Å²) in [6.45, 7) is 9.07. The Morgan fingerprint density at radius 2 is 1.88 bits per heavy atom. The van der Waals surface area contributed by atoms with Gasteiger partial charge in [0.1, 0.15) is 5.75 Å². The molecule has 0 bridgehead atoms. The fourth-order valence-electron chi connectivity index (χ4n) is 2.10. The molecule has 1 unspecified atom stereocenters. The highest BCUT2D eigenvalue weighted by atomic mass is 16.5. The van der Waals surface area contributed by atoms with Gasteiger partial charge in [0.15, 0.2) is 0 Å². The van der Waals surface area contributed by atoms with E-state index in [0.29, 0.717) is 12.6 Å². The van der Waals surface area contributed by atoms with Crippen LogP contribution in [-0.4, -0.2) is 26.7 Å². The summed E-state index contributed by atoms with van der Waals surface area (Å²) in [5, 5.41) is 0. The van der Waals surface area contributed by atoms with E-state index in [-0.39, 0.29) is 0 Å². The molecule has 0 saturated carbocycles. The van der Waals surface area contributed by atoms with Crippen molar-refractivity contribution in [2.45, 2.75) is 33.7 Å². The van der Waals surface area contributed by atoms with Crippen LogP contribution < -0.4 is 15.4 Å². The average Bonchev–Trinajstić information content (AvgIpc) is 2.31. The molecule has 1 rings (SSSR count). The van der Waals surface area contributed by atoms with Crippen LogP contribution in [-0.2, 0) is 0 Å². The molecule has 3 heteroatoms. The summed E-state index contributed by atoms with van der Waals surface area (Å²) < 4.78 is 5.57. The molecule has 0 aliphatic heterocycles. The molecule has 1 atom stereocenters. The minimum absolute atomic E-state index is 0.296. The van der Waals surface area contributed by atoms with Gasteiger partial charge >= 0.3 is 0 Å². The lowest BCUT2D eigenvalue weighted by molar-refractivity contribution is 0.410. The highest BCUT2D eigenvalue weighted by molar-refractivity contribution is 5.68. The summed E-state index contributed by atoms with van der Waals surface area (Å²) >= 11 is 0. The molecule has 0 fully saturated rings. The first kappa shape index (κ1) is 13.8. The van der Waals surface area contributed by atoms with Gasteiger partial charge < -0.3 is 15.4 Å². The van der Waals surface area contributed by atoms with E-state index in [9.17, 15) is 0 Å². The third-order valence-electron chi connectivity index (χ3n) is 3.51. The van der Waals surface area contributed by atoms with Gasteiger partial charge in [0.25, 0.3) is 0 Å². The number of nitrogens with zero attached hydrogens (tertiary/aromatic N) is 1. The number of rotatable bonds is 4. The van der Waals surface area contributed by atoms with E-state index in [2.05, 4.69) is 45.7 Å². The van der Waals surface area contributed by atoms with Gasteiger partial charge in [-0.25, -0.2) is 0 Å². The first-order valence-electron chi connectivity index (χ1n) is 6.01. The number of hydrogen-bond donors (Lipinski definition) is 1. The van der Waals surface area contributed by atoms with Crippen LogP contribution in [0.1, 0.15) is 23.6 Å². The van der Waals surface area contributed by atoms with Crippen LogP contribution in [0.25, 0.3) is 0 Å². The van der Waals surface area contributed by atoms with Crippen molar-refractivity contribution in [3.05, 3.63) is 22.8 Å². The Hall–Kier alpha value is -1.22. The Morgan fingerprint density at radius 1 is 1.29 bits per heavy atom. The lowest BCUT2D eigenvalue weighted by Crippen LogP contribution is -2.36. The molecule has 0 heterocycles. The second-order valence-electron chi connectivity index (χ2n) is 4.71. The van der Waals surface area contributed by atoms with Gasteiger partial charge in [-0.1, -0.05) is 6.07 Å². The van der Waals surface area contributed by atoms with Gasteiger partial charge in [-0.3, -0.25) is 0 Å². The standard InChI is InChI=1S/C14H24N2O/c1-9-7-10(2)13(14(17-6)12(9)4)16(5)11(3)8-15/h7,11H,8,15H2,1-6H3. The van der Waals surface area contributed by atoms with Crippen LogP contribution in [0, 0.1) is 20.8 Å². The molecule has 3 nitrogen and oxygen atoms in total. The summed E-state index contributed by atoms with van der Waals surface area (Å²) in [7, 11) is 3.79. The van der Waals surface area contributed by atoms with Crippen LogP contribution in [0.15, 0.2) is 6.07 Å². The number of nitrogens with two attached hydrogens (primary N) is 1. The van der Waals surface area contributed by atoms with Crippen LogP contribution in [0.4, 0.5) is 5.69 Å². The zero-order chi connectivity index (χ0) is 13.2. The molecule has 0 aromatic heterocycles. The molecule has 0 amide bonds. The number of anilines is 1. The highest BCUT2D eigenvalue weighted by Gasteiger charge is 2.18. The fourth-order valence-corrected chi connectivity index (χ4v) is 2.10. The van der Waals surface area contributed by atoms with Gasteiger partial charge in [0, 0.05) is 19.6 Å². The number of likely N-dealkylation sites (N-methyl/N-ethyl adjacent to an activating group) is 1. The summed E-state index contributed by atoms with van der Waals surface area (Å²) in [4.78, 5) is 2.20. The number of benzene rings is 1. The summed E-state index contributed by atoms with van der Waals surface area (Å²) in [5.74, 6) is 0.963. The van der Waals surface area contributed by atoms with Crippen molar-refractivity contribution in [2.24, 2.45) is 5.73 Å². The van der Waals surface area contributed by atoms with E-state index in [1.807, 2.05) is 0 Å². The second kappa shape index (κ2) is 5.41. The maximum absolute atomic E-state index is 5.74. The number of ether oxygens (including phenoxy) is 1. The second-order valence-corrected chi connectivity index (χ2v) is 4.71. The molecule has 96 valence electrons. The van der Waals surface area contributed by atoms with Crippen LogP contribution >= 0.6 is 0 Å². The van der Waals surface area contributed by atoms with Crippen LogP contribution in [0.3, 0.4) is 0 Å². The quantitative estimate of drug-likeness (QED) is 0.872. The van der Waals surface area contributed by atoms with Crippen molar-refractivity contribution in [2.75, 3.05) is 25.6 Å². The predicted molar refractivity (Wildman–Crippen MR) is 74.1 cm³/mol. The summed E-state index contributed by atoms with van der Waals surface area (Å²) in [5.41, 5.74) is 10.6. The van der Waals surface area contributed by atoms with E-state index >= 15 is 0 Å². The molecule has 1 aromatic rings. The van der Waals surface area contributed by atoms with E-state index < -0.39 is 0 Å². The van der Waals surface area contributed by atoms with Crippen LogP contribution in [0.2, 0.25) is 0 Å². The summed E-state index contributed by atoms with van der Waals surface area (Å²) in [6.07, 6.45) is 0. The van der Waals surface area contributed by atoms with E-state index in [1.165, 1.54) is 16.7 Å². The predicted octanol–water partition coefficient (Wildman–Crippen LogP) is 2.40. The molecule has 1 aromatic carbocycles. The lowest BCUT2D eigenvalue weighted by atomic mass is 10.0. The number of hydrogen-bond acceptors (Lipinski definition) is 3. The number of methoxy groups -OCH3 is 1. The minimum atomic E-state index is 0.296. The zero-order valence-corrected chi connectivity index (χ0v) is 11.8. The highest BCUT2D eigenvalue weighted by Crippen LogP contribution is 2.37. The molecule has 0 spiro atoms. The minimum Gasteiger partial charge on any atom is -0.494 e. The third-order valence-corrected chi connectivity index (χ3v) is 3.51. The monoisotopic (exact) mass is 236 g/mol. The van der Waals surface area contributed by atoms with Crippen molar-refractivity contribution >= 4 is 5.69 Å². The Bertz CT molecular complexity index is 402. The number of aryl methyl sites for hydroxylation is 2. The molecule has 2 N–H and O–H groups in total. The van der Waals surface area contributed by atoms with Gasteiger partial charge in [0.2, 0.25) is 0 Å². The zero-order valence-electron chi connectivity index (χ0n) is 11.8. The van der Waals surface area contributed by atoms with Gasteiger partial charge in [-0.15, -0.1) is 0 Å². The Morgan fingerprint density at radius 3 is 2.35 bits per heavy atom. The molecular formula is C14H24N2O. The maximum atomic E-state index is 5.74. The Kier molecular flexibility index (Phi) is 4.40. The molecule has 0 aliphatic rings.